The predicted octanol–water partition coefficient (Wildman–Crippen LogP) is 2.09. The Morgan fingerprint density at radius 2 is 2.04 bits per heavy atom. The number of amides is 1. The summed E-state index contributed by atoms with van der Waals surface area (Å²) in [5.74, 6) is 0.839. The smallest absolute Gasteiger partial charge is 0.276 e. The highest BCUT2D eigenvalue weighted by Crippen LogP contribution is 2.37. The van der Waals surface area contributed by atoms with Crippen molar-refractivity contribution in [2.45, 2.75) is 51.1 Å². The Kier molecular flexibility index (Phi) is 3.94. The molecular weight excluding hydrogens is 330 g/mol. The third-order valence-electron chi connectivity index (χ3n) is 5.31. The number of carbonyl (C=O) groups is 1. The molecule has 136 valence electrons. The van der Waals surface area contributed by atoms with E-state index in [-0.39, 0.29) is 11.5 Å². The summed E-state index contributed by atoms with van der Waals surface area (Å²) in [6.07, 6.45) is 10.8. The van der Waals surface area contributed by atoms with E-state index < -0.39 is 5.66 Å². The summed E-state index contributed by atoms with van der Waals surface area (Å²) >= 11 is 0. The molecule has 0 atom stereocenters. The average Bonchev–Trinajstić information content (AvgIpc) is 2.74. The van der Waals surface area contributed by atoms with Crippen molar-refractivity contribution < 1.29 is 4.79 Å². The molecule has 7 nitrogen and oxygen atoms in total. The molecule has 1 aromatic heterocycles. The van der Waals surface area contributed by atoms with Gasteiger partial charge in [0.1, 0.15) is 28.7 Å². The van der Waals surface area contributed by atoms with Crippen LogP contribution in [0.1, 0.15) is 54.6 Å². The summed E-state index contributed by atoms with van der Waals surface area (Å²) in [7, 11) is 0. The van der Waals surface area contributed by atoms with Crippen molar-refractivity contribution >= 4 is 17.4 Å². The molecule has 1 fully saturated rings. The maximum atomic E-state index is 13.3. The largest absolute Gasteiger partial charge is 0.387 e. The summed E-state index contributed by atoms with van der Waals surface area (Å²) in [5, 5.41) is 6.18. The van der Waals surface area contributed by atoms with Crippen molar-refractivity contribution in [2.24, 2.45) is 10.7 Å². The third kappa shape index (κ3) is 2.64. The second-order valence-electron chi connectivity index (χ2n) is 7.19. The van der Waals surface area contributed by atoms with Crippen LogP contribution in [-0.2, 0) is 5.66 Å². The molecule has 0 radical (unpaired) electrons. The van der Waals surface area contributed by atoms with Gasteiger partial charge in [-0.3, -0.25) is 14.2 Å². The number of anilines is 1. The number of pyridine rings is 1. The third-order valence-corrected chi connectivity index (χ3v) is 5.31. The van der Waals surface area contributed by atoms with Crippen molar-refractivity contribution in [2.75, 3.05) is 5.32 Å². The molecule has 1 aromatic rings. The van der Waals surface area contributed by atoms with Gasteiger partial charge >= 0.3 is 0 Å². The SMILES string of the molecule is Cc1cc(NC2=CC=CCC(N)=N2)c(=O)n2c1C(=O)NC21CCCCC1. The lowest BCUT2D eigenvalue weighted by molar-refractivity contribution is 0.0876. The van der Waals surface area contributed by atoms with Crippen molar-refractivity contribution in [1.82, 2.24) is 9.88 Å². The first-order valence-electron chi connectivity index (χ1n) is 9.07. The zero-order valence-electron chi connectivity index (χ0n) is 14.8. The Bertz CT molecular complexity index is 917. The number of nitrogens with zero attached hydrogens (tertiary/aromatic N) is 2. The monoisotopic (exact) mass is 353 g/mol. The number of allylic oxidation sites excluding steroid dienone is 2. The van der Waals surface area contributed by atoms with Crippen molar-refractivity contribution in [3.63, 3.8) is 0 Å². The van der Waals surface area contributed by atoms with Gasteiger partial charge in [0.15, 0.2) is 0 Å². The van der Waals surface area contributed by atoms with Gasteiger partial charge in [-0.1, -0.05) is 18.6 Å². The van der Waals surface area contributed by atoms with Gasteiger partial charge in [-0.15, -0.1) is 0 Å². The van der Waals surface area contributed by atoms with Gasteiger partial charge in [0.05, 0.1) is 0 Å². The molecule has 1 amide bonds. The highest BCUT2D eigenvalue weighted by Gasteiger charge is 2.45. The van der Waals surface area contributed by atoms with Crippen LogP contribution in [0.5, 0.6) is 0 Å². The van der Waals surface area contributed by atoms with Gasteiger partial charge < -0.3 is 16.4 Å². The minimum atomic E-state index is -0.593. The minimum absolute atomic E-state index is 0.160. The molecule has 1 saturated carbocycles. The van der Waals surface area contributed by atoms with Gasteiger partial charge in [0, 0.05) is 6.42 Å². The molecular formula is C19H23N5O2. The van der Waals surface area contributed by atoms with Crippen LogP contribution in [-0.4, -0.2) is 16.3 Å². The molecule has 0 aromatic carbocycles. The van der Waals surface area contributed by atoms with Crippen LogP contribution in [0.2, 0.25) is 0 Å². The van der Waals surface area contributed by atoms with E-state index in [1.54, 1.807) is 16.7 Å². The second-order valence-corrected chi connectivity index (χ2v) is 7.19. The summed E-state index contributed by atoms with van der Waals surface area (Å²) in [5.41, 5.74) is 6.71. The number of nitrogens with two attached hydrogens (primary N) is 1. The predicted molar refractivity (Wildman–Crippen MR) is 101 cm³/mol. The van der Waals surface area contributed by atoms with Gasteiger partial charge in [-0.25, -0.2) is 4.99 Å². The molecule has 3 heterocycles. The molecule has 2 aliphatic heterocycles. The highest BCUT2D eigenvalue weighted by atomic mass is 16.2. The fraction of sp³-hybridized carbons (Fsp3) is 0.421. The Balaban J connectivity index is 1.81. The van der Waals surface area contributed by atoms with Crippen molar-refractivity contribution in [1.29, 1.82) is 0 Å². The van der Waals surface area contributed by atoms with Gasteiger partial charge in [0.2, 0.25) is 0 Å². The first-order valence-corrected chi connectivity index (χ1v) is 9.07. The number of carbonyl (C=O) groups excluding carboxylic acids is 1. The van der Waals surface area contributed by atoms with E-state index in [4.69, 9.17) is 5.73 Å². The molecule has 0 unspecified atom stereocenters. The van der Waals surface area contributed by atoms with E-state index in [0.717, 1.165) is 37.7 Å². The van der Waals surface area contributed by atoms with Crippen LogP contribution >= 0.6 is 0 Å². The molecule has 4 rings (SSSR count). The fourth-order valence-corrected chi connectivity index (χ4v) is 4.13. The van der Waals surface area contributed by atoms with Crippen LogP contribution < -0.4 is 21.9 Å². The number of aryl methyl sites for hydroxylation is 1. The maximum absolute atomic E-state index is 13.3. The normalized spacial score (nSPS) is 20.9. The number of aromatic nitrogens is 1. The summed E-state index contributed by atoms with van der Waals surface area (Å²) in [6.45, 7) is 1.86. The molecule has 7 heteroatoms. The fourth-order valence-electron chi connectivity index (χ4n) is 4.13. The number of hydrogen-bond acceptors (Lipinski definition) is 5. The molecule has 1 aliphatic carbocycles. The van der Waals surface area contributed by atoms with Gasteiger partial charge in [0.25, 0.3) is 11.5 Å². The Morgan fingerprint density at radius 3 is 2.81 bits per heavy atom. The quantitative estimate of drug-likeness (QED) is 0.758. The van der Waals surface area contributed by atoms with Crippen LogP contribution in [0.25, 0.3) is 0 Å². The minimum Gasteiger partial charge on any atom is -0.387 e. The number of fused-ring (bicyclic) bond motifs is 2. The molecule has 0 saturated heterocycles. The van der Waals surface area contributed by atoms with Crippen LogP contribution in [0.4, 0.5) is 5.69 Å². The molecule has 0 bridgehead atoms. The topological polar surface area (TPSA) is 102 Å². The number of nitrogens with one attached hydrogen (secondary N) is 2. The van der Waals surface area contributed by atoms with E-state index in [1.165, 1.54) is 0 Å². The van der Waals surface area contributed by atoms with E-state index in [0.29, 0.717) is 29.5 Å². The zero-order chi connectivity index (χ0) is 18.3. The molecule has 1 spiro atoms. The number of rotatable bonds is 2. The van der Waals surface area contributed by atoms with E-state index in [9.17, 15) is 9.59 Å². The molecule has 26 heavy (non-hydrogen) atoms. The molecule has 3 aliphatic rings. The lowest BCUT2D eigenvalue weighted by Gasteiger charge is -2.35. The Labute approximate surface area is 151 Å². The van der Waals surface area contributed by atoms with Crippen LogP contribution in [0, 0.1) is 6.92 Å². The second kappa shape index (κ2) is 6.16. The summed E-state index contributed by atoms with van der Waals surface area (Å²) in [4.78, 5) is 30.1. The Hall–Kier alpha value is -2.83. The van der Waals surface area contributed by atoms with E-state index in [1.807, 2.05) is 19.1 Å². The lowest BCUT2D eigenvalue weighted by Crippen LogP contribution is -2.48. The highest BCUT2D eigenvalue weighted by molar-refractivity contribution is 5.97. The number of aliphatic imine (C=N–C) groups is 1. The Morgan fingerprint density at radius 1 is 1.27 bits per heavy atom. The first kappa shape index (κ1) is 16.6. The lowest BCUT2D eigenvalue weighted by atomic mass is 9.89. The number of hydrogen-bond donors (Lipinski definition) is 3. The first-order chi connectivity index (χ1) is 12.5. The summed E-state index contributed by atoms with van der Waals surface area (Å²) < 4.78 is 1.67. The van der Waals surface area contributed by atoms with Crippen LogP contribution in [0.3, 0.4) is 0 Å². The van der Waals surface area contributed by atoms with E-state index in [2.05, 4.69) is 15.6 Å². The summed E-state index contributed by atoms with van der Waals surface area (Å²) in [6, 6.07) is 1.72. The van der Waals surface area contributed by atoms with Gasteiger partial charge in [-0.2, -0.15) is 0 Å². The van der Waals surface area contributed by atoms with Gasteiger partial charge in [-0.05, 0) is 50.3 Å². The zero-order valence-corrected chi connectivity index (χ0v) is 14.8. The van der Waals surface area contributed by atoms with Crippen molar-refractivity contribution in [3.05, 3.63) is 51.7 Å². The van der Waals surface area contributed by atoms with E-state index >= 15 is 0 Å². The average molecular weight is 353 g/mol. The van der Waals surface area contributed by atoms with Crippen molar-refractivity contribution in [3.8, 4) is 0 Å². The standard InChI is InChI=1S/C19H23N5O2/c1-12-11-13(21-15-8-4-3-7-14(20)22-15)18(26)24-16(12)17(25)23-19(24)9-5-2-6-10-19/h3-4,8,11,21H,2,5-7,9-10H2,1H3,(H2,20,22)(H,23,25). The number of amidine groups is 1. The molecule has 4 N–H and O–H groups in total. The maximum Gasteiger partial charge on any atom is 0.276 e. The van der Waals surface area contributed by atoms with Crippen LogP contribution in [0.15, 0.2) is 39.9 Å².